The molecule has 0 aliphatic heterocycles. The van der Waals surface area contributed by atoms with Gasteiger partial charge in [0.2, 0.25) is 0 Å². The molecule has 0 saturated heterocycles. The lowest BCUT2D eigenvalue weighted by Gasteiger charge is -2.11. The normalized spacial score (nSPS) is 12.4. The van der Waals surface area contributed by atoms with Crippen LogP contribution >= 0.6 is 15.9 Å². The minimum atomic E-state index is -0.296. The molecule has 0 radical (unpaired) electrons. The minimum absolute atomic E-state index is 0.296. The third-order valence-corrected chi connectivity index (χ3v) is 2.97. The zero-order valence-corrected chi connectivity index (χ0v) is 12.5. The Balaban J connectivity index is 2.28. The number of ether oxygens (including phenoxy) is 1. The van der Waals surface area contributed by atoms with Crippen LogP contribution in [0.25, 0.3) is 0 Å². The first kappa shape index (κ1) is 15.4. The van der Waals surface area contributed by atoms with E-state index in [2.05, 4.69) is 32.6 Å². The quantitative estimate of drug-likeness (QED) is 0.636. The lowest BCUT2D eigenvalue weighted by Crippen LogP contribution is -2.31. The van der Waals surface area contributed by atoms with Crippen molar-refractivity contribution in [2.24, 2.45) is 0 Å². The van der Waals surface area contributed by atoms with Crippen molar-refractivity contribution in [2.45, 2.75) is 19.6 Å². The molecular weight excluding hydrogens is 296 g/mol. The van der Waals surface area contributed by atoms with E-state index in [1.165, 1.54) is 0 Å². The zero-order chi connectivity index (χ0) is 13.4. The van der Waals surface area contributed by atoms with Crippen molar-refractivity contribution in [1.82, 2.24) is 10.6 Å². The van der Waals surface area contributed by atoms with Crippen molar-refractivity contribution >= 4 is 15.9 Å². The average Bonchev–Trinajstić information content (AvgIpc) is 2.33. The number of methoxy groups -OCH3 is 1. The molecule has 1 atom stereocenters. The lowest BCUT2D eigenvalue weighted by molar-refractivity contribution is 0.191. The summed E-state index contributed by atoms with van der Waals surface area (Å²) in [5, 5.41) is 15.6. The largest absolute Gasteiger partial charge is 0.496 e. The van der Waals surface area contributed by atoms with E-state index in [0.29, 0.717) is 6.54 Å². The Morgan fingerprint density at radius 3 is 2.72 bits per heavy atom. The number of benzene rings is 1. The van der Waals surface area contributed by atoms with Crippen molar-refractivity contribution in [3.8, 4) is 5.75 Å². The minimum Gasteiger partial charge on any atom is -0.496 e. The van der Waals surface area contributed by atoms with Crippen molar-refractivity contribution in [1.29, 1.82) is 0 Å². The van der Waals surface area contributed by atoms with Gasteiger partial charge in [0.25, 0.3) is 0 Å². The Hall–Kier alpha value is -0.620. The van der Waals surface area contributed by atoms with E-state index < -0.39 is 0 Å². The Bertz CT molecular complexity index is 359. The highest BCUT2D eigenvalue weighted by Crippen LogP contribution is 2.22. The molecule has 1 aromatic carbocycles. The third kappa shape index (κ3) is 5.82. The zero-order valence-electron chi connectivity index (χ0n) is 10.9. The monoisotopic (exact) mass is 316 g/mol. The molecule has 0 unspecified atom stereocenters. The Morgan fingerprint density at radius 2 is 2.06 bits per heavy atom. The van der Waals surface area contributed by atoms with Crippen LogP contribution in [-0.4, -0.2) is 38.0 Å². The average molecular weight is 317 g/mol. The van der Waals surface area contributed by atoms with Crippen molar-refractivity contribution in [2.75, 3.05) is 26.7 Å². The summed E-state index contributed by atoms with van der Waals surface area (Å²) in [4.78, 5) is 0. The van der Waals surface area contributed by atoms with Crippen LogP contribution < -0.4 is 15.4 Å². The number of halogens is 1. The van der Waals surface area contributed by atoms with Gasteiger partial charge in [-0.1, -0.05) is 15.9 Å². The first-order chi connectivity index (χ1) is 8.63. The second-order valence-corrected chi connectivity index (χ2v) is 5.10. The van der Waals surface area contributed by atoms with Crippen LogP contribution in [0.2, 0.25) is 0 Å². The van der Waals surface area contributed by atoms with E-state index in [1.807, 2.05) is 12.1 Å². The highest BCUT2D eigenvalue weighted by Gasteiger charge is 2.03. The van der Waals surface area contributed by atoms with Gasteiger partial charge >= 0.3 is 0 Å². The van der Waals surface area contributed by atoms with Crippen LogP contribution in [0.3, 0.4) is 0 Å². The molecule has 0 fully saturated rings. The van der Waals surface area contributed by atoms with E-state index in [1.54, 1.807) is 14.0 Å². The van der Waals surface area contributed by atoms with Crippen molar-refractivity contribution < 1.29 is 9.84 Å². The molecule has 18 heavy (non-hydrogen) atoms. The first-order valence-electron chi connectivity index (χ1n) is 6.05. The van der Waals surface area contributed by atoms with Gasteiger partial charge in [-0.3, -0.25) is 0 Å². The number of aliphatic hydroxyl groups excluding tert-OH is 1. The van der Waals surface area contributed by atoms with Crippen LogP contribution in [0.15, 0.2) is 22.7 Å². The van der Waals surface area contributed by atoms with Gasteiger partial charge in [-0.25, -0.2) is 0 Å². The molecule has 0 saturated carbocycles. The summed E-state index contributed by atoms with van der Waals surface area (Å²) in [5.41, 5.74) is 1.13. The van der Waals surface area contributed by atoms with Crippen molar-refractivity contribution in [3.05, 3.63) is 28.2 Å². The number of hydrogen-bond donors (Lipinski definition) is 3. The van der Waals surface area contributed by atoms with Gasteiger partial charge in [-0.05, 0) is 25.1 Å². The van der Waals surface area contributed by atoms with Crippen molar-refractivity contribution in [3.63, 3.8) is 0 Å². The predicted molar refractivity (Wildman–Crippen MR) is 77.0 cm³/mol. The predicted octanol–water partition coefficient (Wildman–Crippen LogP) is 1.52. The third-order valence-electron chi connectivity index (χ3n) is 2.48. The summed E-state index contributed by atoms with van der Waals surface area (Å²) in [6.07, 6.45) is -0.296. The summed E-state index contributed by atoms with van der Waals surface area (Å²) < 4.78 is 6.35. The Morgan fingerprint density at radius 1 is 1.33 bits per heavy atom. The molecule has 0 amide bonds. The van der Waals surface area contributed by atoms with Gasteiger partial charge in [-0.15, -0.1) is 0 Å². The number of aliphatic hydroxyl groups is 1. The smallest absolute Gasteiger partial charge is 0.123 e. The van der Waals surface area contributed by atoms with Gasteiger partial charge in [0.1, 0.15) is 5.75 Å². The molecule has 0 aromatic heterocycles. The summed E-state index contributed by atoms with van der Waals surface area (Å²) in [6.45, 7) is 4.84. The number of nitrogens with one attached hydrogen (secondary N) is 2. The highest BCUT2D eigenvalue weighted by molar-refractivity contribution is 9.10. The van der Waals surface area contributed by atoms with Crippen LogP contribution in [-0.2, 0) is 6.54 Å². The van der Waals surface area contributed by atoms with Gasteiger partial charge in [0.15, 0.2) is 0 Å². The van der Waals surface area contributed by atoms with Gasteiger partial charge in [0, 0.05) is 36.2 Å². The second kappa shape index (κ2) is 8.48. The molecule has 4 nitrogen and oxygen atoms in total. The number of hydrogen-bond acceptors (Lipinski definition) is 4. The van der Waals surface area contributed by atoms with E-state index in [0.717, 1.165) is 35.4 Å². The molecule has 102 valence electrons. The van der Waals surface area contributed by atoms with Crippen LogP contribution in [0.1, 0.15) is 12.5 Å². The fourth-order valence-corrected chi connectivity index (χ4v) is 2.00. The maximum Gasteiger partial charge on any atom is 0.123 e. The summed E-state index contributed by atoms with van der Waals surface area (Å²) in [7, 11) is 1.68. The second-order valence-electron chi connectivity index (χ2n) is 4.19. The standard InChI is InChI=1S/C13H21BrN2O2/c1-10(17)8-15-5-6-16-9-11-7-12(14)3-4-13(11)18-2/h3-4,7,10,15-17H,5-6,8-9H2,1-2H3/t10-/m0/s1. The van der Waals surface area contributed by atoms with Crippen LogP contribution in [0, 0.1) is 0 Å². The van der Waals surface area contributed by atoms with Gasteiger partial charge in [0.05, 0.1) is 13.2 Å². The fraction of sp³-hybridized carbons (Fsp3) is 0.538. The van der Waals surface area contributed by atoms with E-state index >= 15 is 0 Å². The van der Waals surface area contributed by atoms with E-state index in [9.17, 15) is 0 Å². The summed E-state index contributed by atoms with van der Waals surface area (Å²) >= 11 is 3.45. The molecule has 1 rings (SSSR count). The molecule has 0 aliphatic carbocycles. The lowest BCUT2D eigenvalue weighted by atomic mass is 10.2. The topological polar surface area (TPSA) is 53.5 Å². The molecular formula is C13H21BrN2O2. The molecule has 3 N–H and O–H groups in total. The van der Waals surface area contributed by atoms with E-state index in [4.69, 9.17) is 9.84 Å². The highest BCUT2D eigenvalue weighted by atomic mass is 79.9. The molecule has 0 spiro atoms. The molecule has 0 bridgehead atoms. The maximum atomic E-state index is 9.08. The SMILES string of the molecule is COc1ccc(Br)cc1CNCCNC[C@H](C)O. The number of rotatable bonds is 8. The van der Waals surface area contributed by atoms with Crippen LogP contribution in [0.5, 0.6) is 5.75 Å². The molecule has 5 heteroatoms. The van der Waals surface area contributed by atoms with Crippen LogP contribution in [0.4, 0.5) is 0 Å². The van der Waals surface area contributed by atoms with E-state index in [-0.39, 0.29) is 6.10 Å². The van der Waals surface area contributed by atoms with Gasteiger partial charge in [-0.2, -0.15) is 0 Å². The first-order valence-corrected chi connectivity index (χ1v) is 6.84. The Kier molecular flexibility index (Phi) is 7.27. The van der Waals surface area contributed by atoms with Gasteiger partial charge < -0.3 is 20.5 Å². The maximum absolute atomic E-state index is 9.08. The summed E-state index contributed by atoms with van der Waals surface area (Å²) in [5.74, 6) is 0.891. The fourth-order valence-electron chi connectivity index (χ4n) is 1.60. The Labute approximate surface area is 117 Å². The molecule has 0 aliphatic rings. The summed E-state index contributed by atoms with van der Waals surface area (Å²) in [6, 6.07) is 5.97. The molecule has 0 heterocycles. The molecule has 1 aromatic rings.